The van der Waals surface area contributed by atoms with Crippen LogP contribution < -0.4 is 4.90 Å². The van der Waals surface area contributed by atoms with Crippen LogP contribution in [0.3, 0.4) is 0 Å². The molecule has 110 valence electrons. The van der Waals surface area contributed by atoms with Crippen LogP contribution in [0.4, 0.5) is 5.82 Å². The van der Waals surface area contributed by atoms with E-state index in [-0.39, 0.29) is 5.75 Å². The van der Waals surface area contributed by atoms with Crippen LogP contribution in [0.1, 0.15) is 0 Å². The molecule has 0 unspecified atom stereocenters. The lowest BCUT2D eigenvalue weighted by atomic mass is 10.3. The molecule has 0 aliphatic rings. The third-order valence-corrected chi connectivity index (χ3v) is 4.84. The van der Waals surface area contributed by atoms with Gasteiger partial charge in [-0.25, -0.2) is 4.98 Å². The Labute approximate surface area is 131 Å². The number of rotatable bonds is 5. The molecule has 0 saturated carbocycles. The average molecular weight is 320 g/mol. The van der Waals surface area contributed by atoms with Crippen molar-refractivity contribution in [3.63, 3.8) is 0 Å². The summed E-state index contributed by atoms with van der Waals surface area (Å²) in [6, 6.07) is 3.85. The van der Waals surface area contributed by atoms with Gasteiger partial charge in [-0.15, -0.1) is 0 Å². The van der Waals surface area contributed by atoms with Crippen molar-refractivity contribution < 1.29 is 5.11 Å². The number of nitrogens with zero attached hydrogens (tertiary/aromatic N) is 3. The van der Waals surface area contributed by atoms with E-state index < -0.39 is 0 Å². The molecule has 0 aromatic carbocycles. The largest absolute Gasteiger partial charge is 0.503 e. The van der Waals surface area contributed by atoms with E-state index in [1.54, 1.807) is 24.2 Å². The molecule has 0 amide bonds. The number of fused-ring (bicyclic) bond motifs is 1. The minimum Gasteiger partial charge on any atom is -0.503 e. The van der Waals surface area contributed by atoms with Crippen LogP contribution in [0.15, 0.2) is 24.5 Å². The van der Waals surface area contributed by atoms with Crippen molar-refractivity contribution in [3.05, 3.63) is 24.5 Å². The number of aromatic amines is 1. The molecule has 21 heavy (non-hydrogen) atoms. The summed E-state index contributed by atoms with van der Waals surface area (Å²) in [5, 5.41) is 11.2. The summed E-state index contributed by atoms with van der Waals surface area (Å²) in [7, 11) is 1.97. The lowest BCUT2D eigenvalue weighted by Crippen LogP contribution is -2.20. The molecular formula is C14H16N4OS2. The number of aromatic hydroxyl groups is 1. The average Bonchev–Trinajstić information content (AvgIpc) is 3.06. The zero-order valence-corrected chi connectivity index (χ0v) is 13.5. The number of anilines is 1. The van der Waals surface area contributed by atoms with Gasteiger partial charge in [-0.05, 0) is 18.4 Å². The first kappa shape index (κ1) is 14.2. The van der Waals surface area contributed by atoms with Crippen LogP contribution in [0.5, 0.6) is 5.75 Å². The van der Waals surface area contributed by atoms with Crippen LogP contribution in [0.2, 0.25) is 0 Å². The Bertz CT molecular complexity index is 738. The van der Waals surface area contributed by atoms with Crippen molar-refractivity contribution >= 4 is 39.3 Å². The lowest BCUT2D eigenvalue weighted by molar-refractivity contribution is 0.480. The Morgan fingerprint density at radius 2 is 2.33 bits per heavy atom. The predicted octanol–water partition coefficient (Wildman–Crippen LogP) is 3.19. The fourth-order valence-electron chi connectivity index (χ4n) is 2.07. The Kier molecular flexibility index (Phi) is 4.03. The maximum Gasteiger partial charge on any atom is 0.185 e. The number of H-pyrrole nitrogens is 1. The van der Waals surface area contributed by atoms with Crippen molar-refractivity contribution in [1.29, 1.82) is 0 Å². The standard InChI is InChI=1S/C14H16N4OS2/c1-18(6-7-20-2)12-11(19)10-14(17-12)21-13(16-10)9-4-3-5-15-8-9/h3-5,8,17,19H,6-7H2,1-2H3. The highest BCUT2D eigenvalue weighted by atomic mass is 32.2. The second kappa shape index (κ2) is 5.95. The van der Waals surface area contributed by atoms with Gasteiger partial charge in [-0.2, -0.15) is 11.8 Å². The molecule has 3 aromatic heterocycles. The second-order valence-corrected chi connectivity index (χ2v) is 6.66. The summed E-state index contributed by atoms with van der Waals surface area (Å²) in [4.78, 5) is 14.8. The van der Waals surface area contributed by atoms with Crippen molar-refractivity contribution in [2.45, 2.75) is 0 Å². The maximum atomic E-state index is 10.4. The second-order valence-electron chi connectivity index (χ2n) is 4.68. The van der Waals surface area contributed by atoms with Gasteiger partial charge >= 0.3 is 0 Å². The molecule has 3 rings (SSSR count). The molecule has 0 radical (unpaired) electrons. The van der Waals surface area contributed by atoms with Gasteiger partial charge in [-0.1, -0.05) is 11.3 Å². The Hall–Kier alpha value is -1.73. The lowest BCUT2D eigenvalue weighted by Gasteiger charge is -2.16. The highest BCUT2D eigenvalue weighted by Crippen LogP contribution is 2.39. The first-order valence-electron chi connectivity index (χ1n) is 6.52. The summed E-state index contributed by atoms with van der Waals surface area (Å²) < 4.78 is 0. The van der Waals surface area contributed by atoms with Crippen molar-refractivity contribution in [1.82, 2.24) is 15.0 Å². The number of thiazole rings is 1. The topological polar surface area (TPSA) is 65.0 Å². The molecule has 3 aromatic rings. The number of hydrogen-bond acceptors (Lipinski definition) is 6. The third-order valence-electron chi connectivity index (χ3n) is 3.23. The molecule has 0 atom stereocenters. The van der Waals surface area contributed by atoms with Gasteiger partial charge in [0.15, 0.2) is 11.6 Å². The summed E-state index contributed by atoms with van der Waals surface area (Å²) in [6.45, 7) is 0.873. The molecule has 0 fully saturated rings. The number of nitrogens with one attached hydrogen (secondary N) is 1. The Balaban J connectivity index is 1.95. The van der Waals surface area contributed by atoms with E-state index in [4.69, 9.17) is 0 Å². The highest BCUT2D eigenvalue weighted by Gasteiger charge is 2.18. The van der Waals surface area contributed by atoms with Crippen LogP contribution in [0, 0.1) is 0 Å². The van der Waals surface area contributed by atoms with E-state index in [0.29, 0.717) is 5.52 Å². The SMILES string of the molecule is CSCCN(C)c1[nH]c2sc(-c3cccnc3)nc2c1O. The minimum absolute atomic E-state index is 0.222. The number of thioether (sulfide) groups is 1. The van der Waals surface area contributed by atoms with E-state index in [1.165, 1.54) is 11.3 Å². The molecule has 0 aliphatic heterocycles. The van der Waals surface area contributed by atoms with E-state index in [9.17, 15) is 5.11 Å². The zero-order chi connectivity index (χ0) is 14.8. The van der Waals surface area contributed by atoms with Crippen molar-refractivity contribution in [2.75, 3.05) is 30.5 Å². The van der Waals surface area contributed by atoms with Gasteiger partial charge in [0.05, 0.1) is 0 Å². The molecule has 0 spiro atoms. The molecular weight excluding hydrogens is 304 g/mol. The van der Waals surface area contributed by atoms with Gasteiger partial charge in [0.25, 0.3) is 0 Å². The first-order chi connectivity index (χ1) is 10.2. The van der Waals surface area contributed by atoms with Gasteiger partial charge < -0.3 is 15.0 Å². The van der Waals surface area contributed by atoms with E-state index >= 15 is 0 Å². The van der Waals surface area contributed by atoms with Crippen molar-refractivity contribution in [2.24, 2.45) is 0 Å². The fourth-order valence-corrected chi connectivity index (χ4v) is 3.49. The number of pyridine rings is 1. The summed E-state index contributed by atoms with van der Waals surface area (Å²) in [5.74, 6) is 1.97. The van der Waals surface area contributed by atoms with Crippen LogP contribution in [0.25, 0.3) is 20.9 Å². The number of hydrogen-bond donors (Lipinski definition) is 2. The predicted molar refractivity (Wildman–Crippen MR) is 90.5 cm³/mol. The van der Waals surface area contributed by atoms with Crippen LogP contribution in [-0.4, -0.2) is 45.7 Å². The Morgan fingerprint density at radius 3 is 3.00 bits per heavy atom. The quantitative estimate of drug-likeness (QED) is 0.756. The van der Waals surface area contributed by atoms with E-state index in [1.807, 2.05) is 24.1 Å². The Morgan fingerprint density at radius 1 is 1.48 bits per heavy atom. The zero-order valence-electron chi connectivity index (χ0n) is 11.8. The van der Waals surface area contributed by atoms with Crippen molar-refractivity contribution in [3.8, 4) is 16.3 Å². The first-order valence-corrected chi connectivity index (χ1v) is 8.73. The maximum absolute atomic E-state index is 10.4. The van der Waals surface area contributed by atoms with E-state index in [2.05, 4.69) is 21.2 Å². The van der Waals surface area contributed by atoms with Gasteiger partial charge in [0.1, 0.15) is 15.4 Å². The molecule has 3 heterocycles. The van der Waals surface area contributed by atoms with Crippen LogP contribution >= 0.6 is 23.1 Å². The monoisotopic (exact) mass is 320 g/mol. The normalized spacial score (nSPS) is 11.1. The van der Waals surface area contributed by atoms with Gasteiger partial charge in [0, 0.05) is 37.3 Å². The third kappa shape index (κ3) is 2.71. The number of aromatic nitrogens is 3. The van der Waals surface area contributed by atoms with Gasteiger partial charge in [0.2, 0.25) is 0 Å². The summed E-state index contributed by atoms with van der Waals surface area (Å²) in [6.07, 6.45) is 5.59. The molecule has 2 N–H and O–H groups in total. The molecule has 0 saturated heterocycles. The molecule has 0 bridgehead atoms. The molecule has 0 aliphatic carbocycles. The molecule has 7 heteroatoms. The minimum atomic E-state index is 0.222. The highest BCUT2D eigenvalue weighted by molar-refractivity contribution is 7.98. The van der Waals surface area contributed by atoms with E-state index in [0.717, 1.165) is 33.5 Å². The van der Waals surface area contributed by atoms with Crippen LogP contribution in [-0.2, 0) is 0 Å². The summed E-state index contributed by atoms with van der Waals surface area (Å²) >= 11 is 3.31. The fraction of sp³-hybridized carbons (Fsp3) is 0.286. The van der Waals surface area contributed by atoms with Gasteiger partial charge in [-0.3, -0.25) is 4.98 Å². The summed E-state index contributed by atoms with van der Waals surface area (Å²) in [5.41, 5.74) is 1.59. The smallest absolute Gasteiger partial charge is 0.185 e. The molecule has 5 nitrogen and oxygen atoms in total.